The molecule has 0 radical (unpaired) electrons. The van der Waals surface area contributed by atoms with Crippen molar-refractivity contribution in [1.82, 2.24) is 10.2 Å². The summed E-state index contributed by atoms with van der Waals surface area (Å²) in [4.78, 5) is 27.6. The normalized spacial score (nSPS) is 12.3. The lowest BCUT2D eigenvalue weighted by Gasteiger charge is -2.31. The van der Waals surface area contributed by atoms with Gasteiger partial charge in [0.05, 0.1) is 11.9 Å². The van der Waals surface area contributed by atoms with Crippen LogP contribution < -0.4 is 9.62 Å². The van der Waals surface area contributed by atoms with Crippen LogP contribution in [0.3, 0.4) is 0 Å². The number of nitrogens with one attached hydrogen (secondary N) is 1. The van der Waals surface area contributed by atoms with Gasteiger partial charge >= 0.3 is 0 Å². The fraction of sp³-hybridized carbons (Fsp3) is 0.417. The fourth-order valence-electron chi connectivity index (χ4n) is 3.17. The predicted molar refractivity (Wildman–Crippen MR) is 133 cm³/mol. The van der Waals surface area contributed by atoms with Gasteiger partial charge in [-0.05, 0) is 43.5 Å². The molecular formula is C24H32ClN3O4S. The third-order valence-electron chi connectivity index (χ3n) is 5.15. The Kier molecular flexibility index (Phi) is 9.31. The third kappa shape index (κ3) is 7.75. The van der Waals surface area contributed by atoms with E-state index >= 15 is 0 Å². The highest BCUT2D eigenvalue weighted by Crippen LogP contribution is 2.21. The van der Waals surface area contributed by atoms with E-state index in [0.29, 0.717) is 22.8 Å². The Hall–Kier alpha value is -2.58. The summed E-state index contributed by atoms with van der Waals surface area (Å²) in [6, 6.07) is 13.1. The van der Waals surface area contributed by atoms with Crippen molar-refractivity contribution in [1.29, 1.82) is 0 Å². The monoisotopic (exact) mass is 493 g/mol. The molecule has 0 saturated heterocycles. The highest BCUT2D eigenvalue weighted by Gasteiger charge is 2.30. The van der Waals surface area contributed by atoms with Crippen LogP contribution >= 0.6 is 11.6 Å². The van der Waals surface area contributed by atoms with Crippen LogP contribution in [0.15, 0.2) is 48.5 Å². The summed E-state index contributed by atoms with van der Waals surface area (Å²) in [5.41, 5.74) is 2.01. The molecule has 0 aliphatic carbocycles. The van der Waals surface area contributed by atoms with Gasteiger partial charge < -0.3 is 10.2 Å². The second-order valence-electron chi connectivity index (χ2n) is 8.53. The largest absolute Gasteiger partial charge is 0.354 e. The Morgan fingerprint density at radius 3 is 2.18 bits per heavy atom. The molecule has 1 N–H and O–H groups in total. The number of hydrogen-bond acceptors (Lipinski definition) is 4. The van der Waals surface area contributed by atoms with E-state index < -0.39 is 28.5 Å². The number of rotatable bonds is 10. The molecule has 0 aliphatic rings. The lowest BCUT2D eigenvalue weighted by atomic mass is 10.1. The highest BCUT2D eigenvalue weighted by atomic mass is 35.5. The van der Waals surface area contributed by atoms with E-state index in [1.807, 2.05) is 20.8 Å². The average molecular weight is 494 g/mol. The highest BCUT2D eigenvalue weighted by molar-refractivity contribution is 7.92. The van der Waals surface area contributed by atoms with Crippen LogP contribution in [-0.4, -0.2) is 50.5 Å². The quantitative estimate of drug-likeness (QED) is 0.547. The summed E-state index contributed by atoms with van der Waals surface area (Å²) in [7, 11) is -3.75. The van der Waals surface area contributed by atoms with Crippen LogP contribution in [0.4, 0.5) is 5.69 Å². The summed E-state index contributed by atoms with van der Waals surface area (Å²) < 4.78 is 26.1. The molecule has 0 unspecified atom stereocenters. The molecule has 2 rings (SSSR count). The molecule has 180 valence electrons. The maximum absolute atomic E-state index is 13.4. The van der Waals surface area contributed by atoms with Gasteiger partial charge in [-0.15, -0.1) is 0 Å². The smallest absolute Gasteiger partial charge is 0.244 e. The Balaban J connectivity index is 2.36. The van der Waals surface area contributed by atoms with Gasteiger partial charge in [0.1, 0.15) is 12.6 Å². The first-order valence-electron chi connectivity index (χ1n) is 10.7. The predicted octanol–water partition coefficient (Wildman–Crippen LogP) is 3.60. The Morgan fingerprint density at radius 1 is 1.03 bits per heavy atom. The molecule has 0 aromatic heterocycles. The number of sulfonamides is 1. The molecule has 1 atom stereocenters. The maximum Gasteiger partial charge on any atom is 0.244 e. The summed E-state index contributed by atoms with van der Waals surface area (Å²) >= 11 is 6.30. The van der Waals surface area contributed by atoms with Crippen LogP contribution in [0.25, 0.3) is 0 Å². The summed E-state index contributed by atoms with van der Waals surface area (Å²) in [5.74, 6) is -0.574. The minimum Gasteiger partial charge on any atom is -0.354 e. The van der Waals surface area contributed by atoms with E-state index in [1.54, 1.807) is 55.5 Å². The van der Waals surface area contributed by atoms with E-state index in [-0.39, 0.29) is 18.4 Å². The maximum atomic E-state index is 13.4. The molecule has 9 heteroatoms. The third-order valence-corrected chi connectivity index (χ3v) is 6.66. The molecule has 2 aromatic rings. The van der Waals surface area contributed by atoms with Crippen molar-refractivity contribution in [3.63, 3.8) is 0 Å². The van der Waals surface area contributed by atoms with Crippen LogP contribution in [0.5, 0.6) is 0 Å². The number of benzene rings is 2. The molecular weight excluding hydrogens is 462 g/mol. The van der Waals surface area contributed by atoms with Crippen molar-refractivity contribution in [2.75, 3.05) is 23.7 Å². The van der Waals surface area contributed by atoms with E-state index in [9.17, 15) is 18.0 Å². The molecule has 0 fully saturated rings. The molecule has 2 amide bonds. The number of carbonyl (C=O) groups is 2. The number of anilines is 1. The first kappa shape index (κ1) is 26.7. The van der Waals surface area contributed by atoms with Crippen molar-refractivity contribution >= 4 is 39.1 Å². The van der Waals surface area contributed by atoms with Crippen molar-refractivity contribution in [3.8, 4) is 0 Å². The molecule has 0 heterocycles. The lowest BCUT2D eigenvalue weighted by molar-refractivity contribution is -0.139. The summed E-state index contributed by atoms with van der Waals surface area (Å²) in [5, 5.41) is 3.30. The van der Waals surface area contributed by atoms with E-state index in [4.69, 9.17) is 11.6 Å². The Labute approximate surface area is 201 Å². The zero-order valence-electron chi connectivity index (χ0n) is 19.7. The zero-order valence-corrected chi connectivity index (χ0v) is 21.3. The van der Waals surface area contributed by atoms with Gasteiger partial charge in [0.2, 0.25) is 21.8 Å². The SMILES string of the molecule is Cc1ccc(N(CC(=O)N(Cc2ccccc2Cl)[C@H](C)C(=O)NCC(C)C)S(C)(=O)=O)cc1. The second kappa shape index (κ2) is 11.5. The van der Waals surface area contributed by atoms with Crippen LogP contribution in [0, 0.1) is 12.8 Å². The minimum atomic E-state index is -3.75. The number of aryl methyl sites for hydroxylation is 1. The minimum absolute atomic E-state index is 0.0697. The van der Waals surface area contributed by atoms with Crippen LogP contribution in [0.2, 0.25) is 5.02 Å². The molecule has 0 aliphatic heterocycles. The van der Waals surface area contributed by atoms with E-state index in [0.717, 1.165) is 16.1 Å². The second-order valence-corrected chi connectivity index (χ2v) is 10.8. The number of amides is 2. The van der Waals surface area contributed by atoms with Gasteiger partial charge in [-0.2, -0.15) is 0 Å². The fourth-order valence-corrected chi connectivity index (χ4v) is 4.22. The van der Waals surface area contributed by atoms with Gasteiger partial charge in [-0.1, -0.05) is 61.3 Å². The van der Waals surface area contributed by atoms with Gasteiger partial charge in [0.25, 0.3) is 0 Å². The number of halogens is 1. The number of hydrogen-bond donors (Lipinski definition) is 1. The molecule has 2 aromatic carbocycles. The molecule has 0 spiro atoms. The first-order chi connectivity index (χ1) is 15.4. The summed E-state index contributed by atoms with van der Waals surface area (Å²) in [6.45, 7) is 7.57. The van der Waals surface area contributed by atoms with Crippen molar-refractivity contribution < 1.29 is 18.0 Å². The van der Waals surface area contributed by atoms with Crippen LogP contribution in [-0.2, 0) is 26.2 Å². The van der Waals surface area contributed by atoms with Gasteiger partial charge in [0.15, 0.2) is 0 Å². The standard InChI is InChI=1S/C24H32ClN3O4S/c1-17(2)14-26-24(30)19(4)27(15-20-8-6-7-9-22(20)25)23(29)16-28(33(5,31)32)21-12-10-18(3)11-13-21/h6-13,17,19H,14-16H2,1-5H3,(H,26,30)/t19-/m1/s1. The van der Waals surface area contributed by atoms with Crippen molar-refractivity contribution in [2.45, 2.75) is 40.3 Å². The van der Waals surface area contributed by atoms with Gasteiger partial charge in [-0.3, -0.25) is 13.9 Å². The van der Waals surface area contributed by atoms with Crippen molar-refractivity contribution in [2.24, 2.45) is 5.92 Å². The van der Waals surface area contributed by atoms with E-state index in [1.165, 1.54) is 4.90 Å². The van der Waals surface area contributed by atoms with Crippen molar-refractivity contribution in [3.05, 3.63) is 64.7 Å². The van der Waals surface area contributed by atoms with Gasteiger partial charge in [0, 0.05) is 18.1 Å². The number of carbonyl (C=O) groups excluding carboxylic acids is 2. The van der Waals surface area contributed by atoms with E-state index in [2.05, 4.69) is 5.32 Å². The zero-order chi connectivity index (χ0) is 24.8. The Morgan fingerprint density at radius 2 is 1.64 bits per heavy atom. The Bertz CT molecular complexity index is 1070. The van der Waals surface area contributed by atoms with Crippen LogP contribution in [0.1, 0.15) is 31.9 Å². The van der Waals surface area contributed by atoms with Gasteiger partial charge in [-0.25, -0.2) is 8.42 Å². The average Bonchev–Trinajstić information content (AvgIpc) is 2.74. The number of nitrogens with zero attached hydrogens (tertiary/aromatic N) is 2. The molecule has 7 nitrogen and oxygen atoms in total. The first-order valence-corrected chi connectivity index (χ1v) is 13.0. The molecule has 33 heavy (non-hydrogen) atoms. The topological polar surface area (TPSA) is 86.8 Å². The lowest BCUT2D eigenvalue weighted by Crippen LogP contribution is -2.51. The molecule has 0 bridgehead atoms. The summed E-state index contributed by atoms with van der Waals surface area (Å²) in [6.07, 6.45) is 1.05. The molecule has 0 saturated carbocycles.